The van der Waals surface area contributed by atoms with Crippen LogP contribution >= 0.6 is 0 Å². The van der Waals surface area contributed by atoms with Gasteiger partial charge in [-0.1, -0.05) is 6.92 Å². The molecule has 1 atom stereocenters. The molecule has 0 spiro atoms. The van der Waals surface area contributed by atoms with Crippen LogP contribution in [-0.4, -0.2) is 36.9 Å². The van der Waals surface area contributed by atoms with E-state index in [4.69, 9.17) is 4.42 Å². The molecule has 1 fully saturated rings. The number of hydrogen-bond donors (Lipinski definition) is 1. The van der Waals surface area contributed by atoms with Crippen molar-refractivity contribution in [3.63, 3.8) is 0 Å². The molecule has 1 heterocycles. The van der Waals surface area contributed by atoms with Crippen LogP contribution in [0.1, 0.15) is 49.2 Å². The van der Waals surface area contributed by atoms with Crippen LogP contribution in [0.4, 0.5) is 11.4 Å². The molecule has 28 heavy (non-hydrogen) atoms. The van der Waals surface area contributed by atoms with Gasteiger partial charge in [0.05, 0.1) is 6.26 Å². The molecular weight excluding hydrogens is 354 g/mol. The maximum Gasteiger partial charge on any atom is 0.290 e. The van der Waals surface area contributed by atoms with Crippen LogP contribution < -0.4 is 10.2 Å². The molecule has 0 aliphatic heterocycles. The summed E-state index contributed by atoms with van der Waals surface area (Å²) >= 11 is 0. The molecule has 0 unspecified atom stereocenters. The van der Waals surface area contributed by atoms with Gasteiger partial charge in [0.1, 0.15) is 0 Å². The number of rotatable bonds is 8. The Morgan fingerprint density at radius 3 is 2.57 bits per heavy atom. The molecule has 1 N–H and O–H groups in total. The first kappa shape index (κ1) is 20.0. The van der Waals surface area contributed by atoms with Crippen molar-refractivity contribution in [3.8, 4) is 0 Å². The largest absolute Gasteiger partial charge is 0.459 e. The lowest BCUT2D eigenvalue weighted by atomic mass is 10.1. The molecule has 6 nitrogen and oxygen atoms in total. The van der Waals surface area contributed by atoms with E-state index in [1.165, 1.54) is 6.26 Å². The second-order valence-electron chi connectivity index (χ2n) is 7.67. The maximum atomic E-state index is 13.0. The first-order valence-electron chi connectivity index (χ1n) is 9.86. The molecule has 150 valence electrons. The van der Waals surface area contributed by atoms with Crippen LogP contribution in [0.5, 0.6) is 0 Å². The van der Waals surface area contributed by atoms with Crippen molar-refractivity contribution in [1.29, 1.82) is 0 Å². The first-order valence-corrected chi connectivity index (χ1v) is 9.86. The van der Waals surface area contributed by atoms with E-state index in [1.54, 1.807) is 12.1 Å². The molecule has 1 aromatic carbocycles. The number of anilines is 2. The second-order valence-corrected chi connectivity index (χ2v) is 7.67. The van der Waals surface area contributed by atoms with Crippen LogP contribution in [0.15, 0.2) is 41.0 Å². The summed E-state index contributed by atoms with van der Waals surface area (Å²) in [7, 11) is 3.95. The SMILES string of the molecule is CC[C@H](C)N(Cc1cc(NC(=O)C2CC2)ccc1N(C)C)C(=O)c1ccco1. The van der Waals surface area contributed by atoms with Gasteiger partial charge in [-0.2, -0.15) is 0 Å². The Labute approximate surface area is 166 Å². The quantitative estimate of drug-likeness (QED) is 0.744. The van der Waals surface area contributed by atoms with Crippen molar-refractivity contribution < 1.29 is 14.0 Å². The molecule has 0 radical (unpaired) electrons. The van der Waals surface area contributed by atoms with Gasteiger partial charge in [0, 0.05) is 44.0 Å². The topological polar surface area (TPSA) is 65.8 Å². The molecule has 0 bridgehead atoms. The van der Waals surface area contributed by atoms with E-state index >= 15 is 0 Å². The third-order valence-electron chi connectivity index (χ3n) is 5.23. The average Bonchev–Trinajstić information content (AvgIpc) is 3.39. The molecule has 1 aliphatic carbocycles. The van der Waals surface area contributed by atoms with Gasteiger partial charge in [0.2, 0.25) is 5.91 Å². The van der Waals surface area contributed by atoms with Gasteiger partial charge in [-0.25, -0.2) is 0 Å². The molecule has 6 heteroatoms. The maximum absolute atomic E-state index is 13.0. The fourth-order valence-corrected chi connectivity index (χ4v) is 3.19. The fraction of sp³-hybridized carbons (Fsp3) is 0.455. The van der Waals surface area contributed by atoms with Crippen molar-refractivity contribution in [1.82, 2.24) is 4.90 Å². The highest BCUT2D eigenvalue weighted by molar-refractivity contribution is 5.94. The lowest BCUT2D eigenvalue weighted by Gasteiger charge is -2.30. The predicted octanol–water partition coefficient (Wildman–Crippen LogP) is 4.14. The van der Waals surface area contributed by atoms with Crippen LogP contribution in [0.3, 0.4) is 0 Å². The highest BCUT2D eigenvalue weighted by Gasteiger charge is 2.30. The number of carbonyl (C=O) groups excluding carboxylic acids is 2. The minimum absolute atomic E-state index is 0.0531. The summed E-state index contributed by atoms with van der Waals surface area (Å²) in [6.45, 7) is 4.54. The Kier molecular flexibility index (Phi) is 6.07. The Hall–Kier alpha value is -2.76. The summed E-state index contributed by atoms with van der Waals surface area (Å²) < 4.78 is 5.34. The van der Waals surface area contributed by atoms with E-state index in [2.05, 4.69) is 12.2 Å². The summed E-state index contributed by atoms with van der Waals surface area (Å²) in [6.07, 6.45) is 4.28. The van der Waals surface area contributed by atoms with Gasteiger partial charge in [0.25, 0.3) is 5.91 Å². The van der Waals surface area contributed by atoms with Gasteiger partial charge >= 0.3 is 0 Å². The first-order chi connectivity index (χ1) is 13.4. The molecule has 1 aliphatic rings. The Bertz CT molecular complexity index is 826. The molecule has 2 amide bonds. The number of amides is 2. The minimum atomic E-state index is -0.128. The van der Waals surface area contributed by atoms with E-state index in [9.17, 15) is 9.59 Å². The Balaban J connectivity index is 1.89. The summed E-state index contributed by atoms with van der Waals surface area (Å²) in [5.41, 5.74) is 2.77. The third kappa shape index (κ3) is 4.55. The van der Waals surface area contributed by atoms with Gasteiger partial charge in [0.15, 0.2) is 5.76 Å². The normalized spacial score (nSPS) is 14.4. The van der Waals surface area contributed by atoms with Crippen LogP contribution in [0.25, 0.3) is 0 Å². The monoisotopic (exact) mass is 383 g/mol. The lowest BCUT2D eigenvalue weighted by molar-refractivity contribution is -0.117. The zero-order valence-electron chi connectivity index (χ0n) is 17.1. The highest BCUT2D eigenvalue weighted by atomic mass is 16.3. The van der Waals surface area contributed by atoms with E-state index in [0.29, 0.717) is 12.3 Å². The molecule has 0 saturated heterocycles. The van der Waals surface area contributed by atoms with E-state index in [-0.39, 0.29) is 23.8 Å². The number of furan rings is 1. The number of hydrogen-bond acceptors (Lipinski definition) is 4. The predicted molar refractivity (Wildman–Crippen MR) is 110 cm³/mol. The van der Waals surface area contributed by atoms with Crippen molar-refractivity contribution in [2.24, 2.45) is 5.92 Å². The number of nitrogens with zero attached hydrogens (tertiary/aromatic N) is 2. The van der Waals surface area contributed by atoms with Crippen LogP contribution in [-0.2, 0) is 11.3 Å². The number of carbonyl (C=O) groups is 2. The van der Waals surface area contributed by atoms with E-state index in [1.807, 2.05) is 49.0 Å². The Morgan fingerprint density at radius 1 is 1.25 bits per heavy atom. The molecule has 1 aromatic heterocycles. The van der Waals surface area contributed by atoms with Crippen molar-refractivity contribution >= 4 is 23.2 Å². The summed E-state index contributed by atoms with van der Waals surface area (Å²) in [4.78, 5) is 29.0. The van der Waals surface area contributed by atoms with Gasteiger partial charge in [-0.3, -0.25) is 9.59 Å². The zero-order chi connectivity index (χ0) is 20.3. The fourth-order valence-electron chi connectivity index (χ4n) is 3.19. The van der Waals surface area contributed by atoms with Crippen molar-refractivity contribution in [3.05, 3.63) is 47.9 Å². The Morgan fingerprint density at radius 2 is 2.00 bits per heavy atom. The van der Waals surface area contributed by atoms with Gasteiger partial charge in [-0.05, 0) is 62.1 Å². The molecule has 3 rings (SSSR count). The van der Waals surface area contributed by atoms with Crippen LogP contribution in [0, 0.1) is 5.92 Å². The lowest BCUT2D eigenvalue weighted by Crippen LogP contribution is -2.38. The number of benzene rings is 1. The zero-order valence-corrected chi connectivity index (χ0v) is 17.1. The minimum Gasteiger partial charge on any atom is -0.459 e. The highest BCUT2D eigenvalue weighted by Crippen LogP contribution is 2.31. The van der Waals surface area contributed by atoms with E-state index in [0.717, 1.165) is 36.2 Å². The standard InChI is InChI=1S/C22H29N3O3/c1-5-15(2)25(22(27)20-7-6-12-28-20)14-17-13-18(10-11-19(17)24(3)4)23-21(26)16-8-9-16/h6-7,10-13,15-16H,5,8-9,14H2,1-4H3,(H,23,26)/t15-/m0/s1. The smallest absolute Gasteiger partial charge is 0.290 e. The molecule has 2 aromatic rings. The third-order valence-corrected chi connectivity index (χ3v) is 5.23. The average molecular weight is 383 g/mol. The van der Waals surface area contributed by atoms with Crippen molar-refractivity contribution in [2.45, 2.75) is 45.7 Å². The van der Waals surface area contributed by atoms with E-state index < -0.39 is 0 Å². The molecule has 1 saturated carbocycles. The van der Waals surface area contributed by atoms with Crippen molar-refractivity contribution in [2.75, 3.05) is 24.3 Å². The van der Waals surface area contributed by atoms with Crippen LogP contribution in [0.2, 0.25) is 0 Å². The number of nitrogens with one attached hydrogen (secondary N) is 1. The van der Waals surface area contributed by atoms with Gasteiger partial charge in [-0.15, -0.1) is 0 Å². The second kappa shape index (κ2) is 8.50. The summed E-state index contributed by atoms with van der Waals surface area (Å²) in [5, 5.41) is 3.00. The summed E-state index contributed by atoms with van der Waals surface area (Å²) in [5.74, 6) is 0.435. The van der Waals surface area contributed by atoms with Gasteiger partial charge < -0.3 is 19.5 Å². The summed E-state index contributed by atoms with van der Waals surface area (Å²) in [6, 6.07) is 9.35. The molecular formula is C22H29N3O3.